The molecule has 0 aromatic carbocycles. The maximum Gasteiger partial charge on any atom is 0.245 e. The monoisotopic (exact) mass is 361 g/mol. The number of nitrogens with one attached hydrogen (secondary N) is 3. The Hall–Kier alpha value is -0.730. The van der Waals surface area contributed by atoms with Gasteiger partial charge < -0.3 is 20.8 Å². The molecule has 0 saturated heterocycles. The molecular weight excluding hydrogens is 322 g/mol. The average molecular weight is 362 g/mol. The van der Waals surface area contributed by atoms with Gasteiger partial charge in [-0.15, -0.1) is 0 Å². The molecule has 6 N–H and O–H groups in total. The Bertz CT molecular complexity index is 331. The Labute approximate surface area is 152 Å². The van der Waals surface area contributed by atoms with Crippen molar-refractivity contribution in [3.63, 3.8) is 0 Å². The van der Waals surface area contributed by atoms with Crippen LogP contribution < -0.4 is 16.1 Å². The molecule has 0 rings (SSSR count). The van der Waals surface area contributed by atoms with E-state index in [4.69, 9.17) is 5.21 Å². The SMILES string of the molecule is CCCCCCCNC(CNC(CC(=O)NO)C(O)CC)C(O)CC. The van der Waals surface area contributed by atoms with Crippen molar-refractivity contribution in [1.29, 1.82) is 0 Å². The largest absolute Gasteiger partial charge is 0.392 e. The number of hydrogen-bond acceptors (Lipinski definition) is 6. The first-order valence-corrected chi connectivity index (χ1v) is 9.75. The molecule has 0 aromatic heterocycles. The normalized spacial score (nSPS) is 16.2. The van der Waals surface area contributed by atoms with Gasteiger partial charge in [0.15, 0.2) is 0 Å². The van der Waals surface area contributed by atoms with Gasteiger partial charge >= 0.3 is 0 Å². The summed E-state index contributed by atoms with van der Waals surface area (Å²) in [5.74, 6) is -0.540. The Balaban J connectivity index is 4.43. The minimum Gasteiger partial charge on any atom is -0.392 e. The van der Waals surface area contributed by atoms with E-state index in [0.717, 1.165) is 13.0 Å². The highest BCUT2D eigenvalue weighted by atomic mass is 16.5. The molecule has 7 nitrogen and oxygen atoms in total. The number of carbonyl (C=O) groups is 1. The van der Waals surface area contributed by atoms with E-state index >= 15 is 0 Å². The van der Waals surface area contributed by atoms with Gasteiger partial charge in [-0.05, 0) is 25.8 Å². The first-order chi connectivity index (χ1) is 12.0. The summed E-state index contributed by atoms with van der Waals surface area (Å²) in [6.07, 6.45) is 5.90. The van der Waals surface area contributed by atoms with E-state index < -0.39 is 24.2 Å². The predicted octanol–water partition coefficient (Wildman–Crippen LogP) is 1.31. The maximum atomic E-state index is 11.4. The quantitative estimate of drug-likeness (QED) is 0.140. The summed E-state index contributed by atoms with van der Waals surface area (Å²) in [7, 11) is 0. The minimum absolute atomic E-state index is 0.0164. The Morgan fingerprint density at radius 2 is 1.48 bits per heavy atom. The number of hydroxylamine groups is 1. The van der Waals surface area contributed by atoms with Crippen molar-refractivity contribution in [3.05, 3.63) is 0 Å². The number of amides is 1. The fourth-order valence-corrected chi connectivity index (χ4v) is 2.80. The van der Waals surface area contributed by atoms with Crippen LogP contribution in [0.25, 0.3) is 0 Å². The molecule has 0 bridgehead atoms. The van der Waals surface area contributed by atoms with E-state index in [1.54, 1.807) is 5.48 Å². The molecule has 0 radical (unpaired) electrons. The molecule has 7 heteroatoms. The maximum absolute atomic E-state index is 11.4. The average Bonchev–Trinajstić information content (AvgIpc) is 2.63. The van der Waals surface area contributed by atoms with Gasteiger partial charge in [0.1, 0.15) is 0 Å². The van der Waals surface area contributed by atoms with Gasteiger partial charge in [0.25, 0.3) is 0 Å². The highest BCUT2D eigenvalue weighted by molar-refractivity contribution is 5.75. The lowest BCUT2D eigenvalue weighted by Crippen LogP contribution is -2.52. The molecule has 0 fully saturated rings. The Kier molecular flexibility index (Phi) is 15.1. The highest BCUT2D eigenvalue weighted by Crippen LogP contribution is 2.06. The lowest BCUT2D eigenvalue weighted by atomic mass is 10.0. The highest BCUT2D eigenvalue weighted by Gasteiger charge is 2.24. The van der Waals surface area contributed by atoms with Crippen LogP contribution in [0.3, 0.4) is 0 Å². The van der Waals surface area contributed by atoms with E-state index in [9.17, 15) is 15.0 Å². The second-order valence-electron chi connectivity index (χ2n) is 6.68. The van der Waals surface area contributed by atoms with Gasteiger partial charge in [-0.1, -0.05) is 46.5 Å². The van der Waals surface area contributed by atoms with Gasteiger partial charge in [0, 0.05) is 25.0 Å². The minimum atomic E-state index is -0.689. The van der Waals surface area contributed by atoms with E-state index in [1.807, 2.05) is 13.8 Å². The number of carbonyl (C=O) groups excluding carboxylic acids is 1. The van der Waals surface area contributed by atoms with Crippen molar-refractivity contribution in [3.8, 4) is 0 Å². The molecule has 25 heavy (non-hydrogen) atoms. The summed E-state index contributed by atoms with van der Waals surface area (Å²) in [6.45, 7) is 7.24. The summed E-state index contributed by atoms with van der Waals surface area (Å²) in [5, 5.41) is 35.5. The fraction of sp³-hybridized carbons (Fsp3) is 0.944. The zero-order chi connectivity index (χ0) is 19.1. The van der Waals surface area contributed by atoms with Gasteiger partial charge in [-0.25, -0.2) is 5.48 Å². The molecule has 0 spiro atoms. The van der Waals surface area contributed by atoms with Crippen LogP contribution in [0, 0.1) is 0 Å². The van der Waals surface area contributed by atoms with Crippen molar-refractivity contribution < 1.29 is 20.2 Å². The van der Waals surface area contributed by atoms with Crippen LogP contribution >= 0.6 is 0 Å². The van der Waals surface area contributed by atoms with Crippen molar-refractivity contribution in [2.24, 2.45) is 0 Å². The fourth-order valence-electron chi connectivity index (χ4n) is 2.80. The molecule has 0 aliphatic carbocycles. The second kappa shape index (κ2) is 15.5. The number of aliphatic hydroxyl groups is 2. The van der Waals surface area contributed by atoms with Crippen LogP contribution in [0.1, 0.15) is 72.1 Å². The van der Waals surface area contributed by atoms with Crippen molar-refractivity contribution in [1.82, 2.24) is 16.1 Å². The summed E-state index contributed by atoms with van der Waals surface area (Å²) in [6, 6.07) is -0.602. The third kappa shape index (κ3) is 11.5. The molecular formula is C18H39N3O4. The van der Waals surface area contributed by atoms with Crippen LogP contribution in [0.15, 0.2) is 0 Å². The summed E-state index contributed by atoms with van der Waals surface area (Å²) < 4.78 is 0. The van der Waals surface area contributed by atoms with Crippen molar-refractivity contribution >= 4 is 5.91 Å². The Morgan fingerprint density at radius 3 is 2.04 bits per heavy atom. The topological polar surface area (TPSA) is 114 Å². The van der Waals surface area contributed by atoms with Crippen LogP contribution in [0.2, 0.25) is 0 Å². The lowest BCUT2D eigenvalue weighted by molar-refractivity contribution is -0.130. The molecule has 0 aliphatic rings. The lowest BCUT2D eigenvalue weighted by Gasteiger charge is -2.28. The molecule has 4 atom stereocenters. The van der Waals surface area contributed by atoms with Gasteiger partial charge in [-0.2, -0.15) is 0 Å². The van der Waals surface area contributed by atoms with Crippen molar-refractivity contribution in [2.45, 2.75) is 96.4 Å². The second-order valence-corrected chi connectivity index (χ2v) is 6.68. The zero-order valence-electron chi connectivity index (χ0n) is 16.1. The molecule has 0 saturated carbocycles. The predicted molar refractivity (Wildman–Crippen MR) is 99.5 cm³/mol. The number of hydrogen-bond donors (Lipinski definition) is 6. The van der Waals surface area contributed by atoms with E-state index in [2.05, 4.69) is 17.6 Å². The molecule has 4 unspecified atom stereocenters. The number of rotatable bonds is 16. The Morgan fingerprint density at radius 1 is 0.880 bits per heavy atom. The van der Waals surface area contributed by atoms with E-state index in [0.29, 0.717) is 19.4 Å². The van der Waals surface area contributed by atoms with Crippen LogP contribution in [-0.4, -0.2) is 58.7 Å². The molecule has 0 aromatic rings. The van der Waals surface area contributed by atoms with E-state index in [1.165, 1.54) is 25.7 Å². The summed E-state index contributed by atoms with van der Waals surface area (Å²) in [4.78, 5) is 11.4. The summed E-state index contributed by atoms with van der Waals surface area (Å²) >= 11 is 0. The van der Waals surface area contributed by atoms with Crippen LogP contribution in [0.4, 0.5) is 0 Å². The van der Waals surface area contributed by atoms with Gasteiger partial charge in [0.05, 0.1) is 12.2 Å². The molecule has 0 heterocycles. The third-order valence-electron chi connectivity index (χ3n) is 4.58. The van der Waals surface area contributed by atoms with Crippen molar-refractivity contribution in [2.75, 3.05) is 13.1 Å². The number of unbranched alkanes of at least 4 members (excludes halogenated alkanes) is 4. The first-order valence-electron chi connectivity index (χ1n) is 9.75. The zero-order valence-corrected chi connectivity index (χ0v) is 16.1. The van der Waals surface area contributed by atoms with Gasteiger partial charge in [0.2, 0.25) is 5.91 Å². The van der Waals surface area contributed by atoms with Crippen LogP contribution in [0.5, 0.6) is 0 Å². The van der Waals surface area contributed by atoms with Crippen LogP contribution in [-0.2, 0) is 4.79 Å². The third-order valence-corrected chi connectivity index (χ3v) is 4.58. The smallest absolute Gasteiger partial charge is 0.245 e. The summed E-state index contributed by atoms with van der Waals surface area (Å²) in [5.41, 5.74) is 1.60. The van der Waals surface area contributed by atoms with Gasteiger partial charge in [-0.3, -0.25) is 10.0 Å². The molecule has 0 aliphatic heterocycles. The molecule has 1 amide bonds. The molecule has 150 valence electrons. The first kappa shape index (κ1) is 24.3. The standard InChI is InChI=1S/C18H39N3O4/c1-4-7-8-9-10-11-19-15(17(23)6-3)13-20-14(16(22)5-2)12-18(24)21-25/h14-17,19-20,22-23,25H,4-13H2,1-3H3,(H,21,24). The number of aliphatic hydroxyl groups excluding tert-OH is 2. The van der Waals surface area contributed by atoms with E-state index in [-0.39, 0.29) is 12.5 Å².